The van der Waals surface area contributed by atoms with Crippen LogP contribution in [0.15, 0.2) is 30.3 Å². The standard InChI is InChI=1S/C17H27N3O.ClH/c1-20(2)13-16(12-14-6-4-3-5-7-14)19-17(21)15-8-10-18-11-9-15;/h3-7,15-16,18H,8-13H2,1-2H3,(H,19,21);1H. The first-order valence-corrected chi connectivity index (χ1v) is 7.85. The van der Waals surface area contributed by atoms with Crippen molar-refractivity contribution in [3.8, 4) is 0 Å². The molecule has 0 radical (unpaired) electrons. The predicted octanol–water partition coefficient (Wildman–Crippen LogP) is 1.70. The summed E-state index contributed by atoms with van der Waals surface area (Å²) in [6.07, 6.45) is 2.79. The molecular formula is C17H28ClN3O. The average molecular weight is 326 g/mol. The summed E-state index contributed by atoms with van der Waals surface area (Å²) < 4.78 is 0. The van der Waals surface area contributed by atoms with Gasteiger partial charge in [0.05, 0.1) is 0 Å². The highest BCUT2D eigenvalue weighted by Crippen LogP contribution is 2.12. The number of carbonyl (C=O) groups excluding carboxylic acids is 1. The maximum atomic E-state index is 12.4. The van der Waals surface area contributed by atoms with Crippen LogP contribution in [-0.4, -0.2) is 50.6 Å². The van der Waals surface area contributed by atoms with Gasteiger partial charge in [-0.3, -0.25) is 4.79 Å². The Hall–Kier alpha value is -1.10. The minimum Gasteiger partial charge on any atom is -0.352 e. The summed E-state index contributed by atoms with van der Waals surface area (Å²) in [4.78, 5) is 14.6. The fraction of sp³-hybridized carbons (Fsp3) is 0.588. The van der Waals surface area contributed by atoms with E-state index in [4.69, 9.17) is 0 Å². The van der Waals surface area contributed by atoms with Gasteiger partial charge in [-0.1, -0.05) is 30.3 Å². The Bertz CT molecular complexity index is 433. The average Bonchev–Trinajstić information content (AvgIpc) is 2.48. The van der Waals surface area contributed by atoms with Crippen LogP contribution in [0.3, 0.4) is 0 Å². The van der Waals surface area contributed by atoms with Crippen LogP contribution in [0.25, 0.3) is 0 Å². The molecule has 22 heavy (non-hydrogen) atoms. The van der Waals surface area contributed by atoms with E-state index < -0.39 is 0 Å². The van der Waals surface area contributed by atoms with Crippen LogP contribution in [0.2, 0.25) is 0 Å². The van der Waals surface area contributed by atoms with E-state index in [-0.39, 0.29) is 30.3 Å². The number of nitrogens with zero attached hydrogens (tertiary/aromatic N) is 1. The minimum absolute atomic E-state index is 0. The number of halogens is 1. The Morgan fingerprint density at radius 3 is 2.50 bits per heavy atom. The highest BCUT2D eigenvalue weighted by molar-refractivity contribution is 5.85. The molecule has 0 aromatic heterocycles. The van der Waals surface area contributed by atoms with Gasteiger partial charge in [-0.2, -0.15) is 0 Å². The summed E-state index contributed by atoms with van der Waals surface area (Å²) >= 11 is 0. The first kappa shape index (κ1) is 18.9. The Morgan fingerprint density at radius 2 is 1.91 bits per heavy atom. The number of piperidine rings is 1. The van der Waals surface area contributed by atoms with Crippen molar-refractivity contribution in [3.05, 3.63) is 35.9 Å². The second-order valence-corrected chi connectivity index (χ2v) is 6.18. The van der Waals surface area contributed by atoms with Gasteiger partial charge in [-0.15, -0.1) is 12.4 Å². The second kappa shape index (κ2) is 9.82. The summed E-state index contributed by atoms with van der Waals surface area (Å²) in [5.74, 6) is 0.394. The fourth-order valence-electron chi connectivity index (χ4n) is 2.90. The number of hydrogen-bond donors (Lipinski definition) is 2. The topological polar surface area (TPSA) is 44.4 Å². The largest absolute Gasteiger partial charge is 0.352 e. The molecule has 2 rings (SSSR count). The van der Waals surface area contributed by atoms with Crippen molar-refractivity contribution in [2.24, 2.45) is 5.92 Å². The molecule has 0 bridgehead atoms. The summed E-state index contributed by atoms with van der Waals surface area (Å²) in [5.41, 5.74) is 1.27. The molecule has 1 saturated heterocycles. The van der Waals surface area contributed by atoms with Crippen LogP contribution < -0.4 is 10.6 Å². The number of rotatable bonds is 6. The number of amides is 1. The van der Waals surface area contributed by atoms with Gasteiger partial charge in [0.1, 0.15) is 0 Å². The number of likely N-dealkylation sites (N-methyl/N-ethyl adjacent to an activating group) is 1. The van der Waals surface area contributed by atoms with E-state index in [1.807, 2.05) is 6.07 Å². The molecule has 124 valence electrons. The zero-order valence-electron chi connectivity index (χ0n) is 13.5. The van der Waals surface area contributed by atoms with Crippen molar-refractivity contribution in [1.82, 2.24) is 15.5 Å². The van der Waals surface area contributed by atoms with E-state index in [0.717, 1.165) is 38.9 Å². The quantitative estimate of drug-likeness (QED) is 0.836. The molecule has 1 aliphatic rings. The van der Waals surface area contributed by atoms with Gasteiger partial charge in [-0.05, 0) is 52.0 Å². The van der Waals surface area contributed by atoms with Gasteiger partial charge in [0.25, 0.3) is 0 Å². The third-order valence-electron chi connectivity index (χ3n) is 3.97. The molecule has 1 amide bonds. The highest BCUT2D eigenvalue weighted by atomic mass is 35.5. The monoisotopic (exact) mass is 325 g/mol. The molecule has 1 aromatic rings. The predicted molar refractivity (Wildman–Crippen MR) is 93.5 cm³/mol. The van der Waals surface area contributed by atoms with Crippen molar-refractivity contribution in [3.63, 3.8) is 0 Å². The van der Waals surface area contributed by atoms with Gasteiger partial charge in [-0.25, -0.2) is 0 Å². The molecule has 1 heterocycles. The van der Waals surface area contributed by atoms with Crippen LogP contribution in [0.5, 0.6) is 0 Å². The van der Waals surface area contributed by atoms with Crippen LogP contribution in [0.1, 0.15) is 18.4 Å². The molecule has 0 saturated carbocycles. The normalized spacial score (nSPS) is 16.9. The highest BCUT2D eigenvalue weighted by Gasteiger charge is 2.23. The first-order chi connectivity index (χ1) is 10.1. The van der Waals surface area contributed by atoms with Gasteiger partial charge in [0.2, 0.25) is 5.91 Å². The van der Waals surface area contributed by atoms with Gasteiger partial charge in [0, 0.05) is 18.5 Å². The SMILES string of the molecule is CN(C)CC(Cc1ccccc1)NC(=O)C1CCNCC1.Cl. The summed E-state index contributed by atoms with van der Waals surface area (Å²) in [6.45, 7) is 2.77. The Balaban J connectivity index is 0.00000242. The van der Waals surface area contributed by atoms with E-state index in [1.165, 1.54) is 5.56 Å². The number of hydrogen-bond acceptors (Lipinski definition) is 3. The van der Waals surface area contributed by atoms with Gasteiger partial charge < -0.3 is 15.5 Å². The molecular weight excluding hydrogens is 298 g/mol. The molecule has 1 unspecified atom stereocenters. The Kier molecular flexibility index (Phi) is 8.46. The van der Waals surface area contributed by atoms with E-state index in [9.17, 15) is 4.79 Å². The third kappa shape index (κ3) is 6.34. The number of benzene rings is 1. The third-order valence-corrected chi connectivity index (χ3v) is 3.97. The van der Waals surface area contributed by atoms with Crippen LogP contribution in [-0.2, 0) is 11.2 Å². The lowest BCUT2D eigenvalue weighted by Gasteiger charge is -2.27. The molecule has 1 aromatic carbocycles. The van der Waals surface area contributed by atoms with E-state index in [2.05, 4.69) is 53.9 Å². The number of carbonyl (C=O) groups is 1. The molecule has 1 atom stereocenters. The van der Waals surface area contributed by atoms with Crippen LogP contribution in [0, 0.1) is 5.92 Å². The lowest BCUT2D eigenvalue weighted by Crippen LogP contribution is -2.47. The first-order valence-electron chi connectivity index (χ1n) is 7.85. The van der Waals surface area contributed by atoms with Crippen LogP contribution >= 0.6 is 12.4 Å². The fourth-order valence-corrected chi connectivity index (χ4v) is 2.90. The molecule has 1 aliphatic heterocycles. The second-order valence-electron chi connectivity index (χ2n) is 6.18. The van der Waals surface area contributed by atoms with Gasteiger partial charge in [0.15, 0.2) is 0 Å². The zero-order valence-corrected chi connectivity index (χ0v) is 14.4. The Morgan fingerprint density at radius 1 is 1.27 bits per heavy atom. The Labute approximate surface area is 140 Å². The van der Waals surface area contributed by atoms with Crippen molar-refractivity contribution in [2.45, 2.75) is 25.3 Å². The maximum absolute atomic E-state index is 12.4. The molecule has 4 nitrogen and oxygen atoms in total. The van der Waals surface area contributed by atoms with Crippen LogP contribution in [0.4, 0.5) is 0 Å². The van der Waals surface area contributed by atoms with E-state index in [1.54, 1.807) is 0 Å². The number of nitrogens with one attached hydrogen (secondary N) is 2. The van der Waals surface area contributed by atoms with E-state index in [0.29, 0.717) is 0 Å². The van der Waals surface area contributed by atoms with Gasteiger partial charge >= 0.3 is 0 Å². The smallest absolute Gasteiger partial charge is 0.223 e. The minimum atomic E-state index is 0. The lowest BCUT2D eigenvalue weighted by atomic mass is 9.96. The van der Waals surface area contributed by atoms with Crippen molar-refractivity contribution < 1.29 is 4.79 Å². The van der Waals surface area contributed by atoms with Crippen molar-refractivity contribution >= 4 is 18.3 Å². The maximum Gasteiger partial charge on any atom is 0.223 e. The molecule has 0 spiro atoms. The molecule has 5 heteroatoms. The molecule has 2 N–H and O–H groups in total. The van der Waals surface area contributed by atoms with E-state index >= 15 is 0 Å². The summed E-state index contributed by atoms with van der Waals surface area (Å²) in [6, 6.07) is 10.6. The molecule has 0 aliphatic carbocycles. The van der Waals surface area contributed by atoms with Crippen molar-refractivity contribution in [2.75, 3.05) is 33.7 Å². The lowest BCUT2D eigenvalue weighted by molar-refractivity contribution is -0.126. The van der Waals surface area contributed by atoms with Crippen molar-refractivity contribution in [1.29, 1.82) is 0 Å². The zero-order chi connectivity index (χ0) is 15.1. The summed E-state index contributed by atoms with van der Waals surface area (Å²) in [7, 11) is 4.10. The summed E-state index contributed by atoms with van der Waals surface area (Å²) in [5, 5.41) is 6.56. The molecule has 1 fully saturated rings.